The van der Waals surface area contributed by atoms with Crippen LogP contribution >= 0.6 is 23.1 Å². The molecular formula is C20H22N6O3S2. The fourth-order valence-electron chi connectivity index (χ4n) is 3.07. The number of hydrogen-bond donors (Lipinski definition) is 1. The largest absolute Gasteiger partial charge is 0.493 e. The maximum Gasteiger partial charge on any atom is 0.236 e. The summed E-state index contributed by atoms with van der Waals surface area (Å²) < 4.78 is 13.3. The Labute approximate surface area is 187 Å². The predicted molar refractivity (Wildman–Crippen MR) is 121 cm³/mol. The van der Waals surface area contributed by atoms with Gasteiger partial charge in [0.05, 0.1) is 12.9 Å². The number of aryl methyl sites for hydroxylation is 1. The highest BCUT2D eigenvalue weighted by atomic mass is 32.2. The molecule has 9 nitrogen and oxygen atoms in total. The number of nitrogens with zero attached hydrogens (tertiary/aromatic N) is 5. The standard InChI is InChI=1S/C20H22N6O3S2/c1-4-7-16-22-24-19(31-16)21-15(27)11-30-20-25-23-18(26(20)5-2)14-10-12-8-6-9-13(28-3)17(12)29-14/h6,8-10H,4-5,7,11H2,1-3H3,(H,21,24,27). The summed E-state index contributed by atoms with van der Waals surface area (Å²) >= 11 is 2.72. The molecule has 0 bridgehead atoms. The minimum Gasteiger partial charge on any atom is -0.493 e. The van der Waals surface area contributed by atoms with Gasteiger partial charge in [0.15, 0.2) is 22.2 Å². The Hall–Kier alpha value is -2.92. The molecule has 162 valence electrons. The fourth-order valence-corrected chi connectivity index (χ4v) is 4.73. The Kier molecular flexibility index (Phi) is 6.52. The van der Waals surface area contributed by atoms with E-state index in [0.717, 1.165) is 23.2 Å². The summed E-state index contributed by atoms with van der Waals surface area (Å²) in [6.07, 6.45) is 1.85. The monoisotopic (exact) mass is 458 g/mol. The van der Waals surface area contributed by atoms with E-state index in [-0.39, 0.29) is 11.7 Å². The molecule has 1 N–H and O–H groups in total. The van der Waals surface area contributed by atoms with Crippen molar-refractivity contribution in [1.82, 2.24) is 25.0 Å². The quantitative estimate of drug-likeness (QED) is 0.371. The van der Waals surface area contributed by atoms with Gasteiger partial charge in [-0.05, 0) is 25.5 Å². The van der Waals surface area contributed by atoms with Crippen molar-refractivity contribution >= 4 is 45.1 Å². The molecule has 11 heteroatoms. The lowest BCUT2D eigenvalue weighted by Crippen LogP contribution is -2.14. The van der Waals surface area contributed by atoms with E-state index in [9.17, 15) is 4.79 Å². The molecule has 3 heterocycles. The SMILES string of the molecule is CCCc1nnc(NC(=O)CSc2nnc(-c3cc4cccc(OC)c4o3)n2CC)s1. The summed E-state index contributed by atoms with van der Waals surface area (Å²) in [6, 6.07) is 7.63. The Balaban J connectivity index is 1.47. The van der Waals surface area contributed by atoms with Gasteiger partial charge in [0, 0.05) is 18.4 Å². The predicted octanol–water partition coefficient (Wildman–Crippen LogP) is 4.25. The Morgan fingerprint density at radius 2 is 2.13 bits per heavy atom. The molecule has 0 saturated heterocycles. The van der Waals surface area contributed by atoms with Gasteiger partial charge in [0.1, 0.15) is 5.01 Å². The maximum atomic E-state index is 12.3. The van der Waals surface area contributed by atoms with Crippen LogP contribution in [0.15, 0.2) is 33.8 Å². The minimum absolute atomic E-state index is 0.162. The van der Waals surface area contributed by atoms with Crippen molar-refractivity contribution in [1.29, 1.82) is 0 Å². The van der Waals surface area contributed by atoms with Crippen LogP contribution in [0.2, 0.25) is 0 Å². The smallest absolute Gasteiger partial charge is 0.236 e. The van der Waals surface area contributed by atoms with Crippen molar-refractivity contribution in [3.8, 4) is 17.3 Å². The maximum absolute atomic E-state index is 12.3. The average Bonchev–Trinajstić information content (AvgIpc) is 3.49. The van der Waals surface area contributed by atoms with Crippen LogP contribution in [0, 0.1) is 0 Å². The van der Waals surface area contributed by atoms with E-state index in [4.69, 9.17) is 9.15 Å². The Morgan fingerprint density at radius 1 is 1.26 bits per heavy atom. The van der Waals surface area contributed by atoms with Crippen LogP contribution in [0.5, 0.6) is 5.75 Å². The number of thioether (sulfide) groups is 1. The Morgan fingerprint density at radius 3 is 2.90 bits per heavy atom. The van der Waals surface area contributed by atoms with E-state index in [0.29, 0.717) is 39.7 Å². The number of para-hydroxylation sites is 1. The lowest BCUT2D eigenvalue weighted by molar-refractivity contribution is -0.113. The summed E-state index contributed by atoms with van der Waals surface area (Å²) in [6.45, 7) is 4.71. The molecule has 0 saturated carbocycles. The summed E-state index contributed by atoms with van der Waals surface area (Å²) in [7, 11) is 1.61. The zero-order chi connectivity index (χ0) is 21.8. The van der Waals surface area contributed by atoms with Crippen LogP contribution in [0.25, 0.3) is 22.6 Å². The van der Waals surface area contributed by atoms with Crippen LogP contribution in [0.3, 0.4) is 0 Å². The van der Waals surface area contributed by atoms with Crippen molar-refractivity contribution < 1.29 is 13.9 Å². The van der Waals surface area contributed by atoms with E-state index >= 15 is 0 Å². The van der Waals surface area contributed by atoms with Crippen molar-refractivity contribution in [3.05, 3.63) is 29.3 Å². The number of rotatable bonds is 9. The van der Waals surface area contributed by atoms with E-state index in [2.05, 4.69) is 32.6 Å². The first-order valence-electron chi connectivity index (χ1n) is 9.88. The van der Waals surface area contributed by atoms with Gasteiger partial charge in [-0.2, -0.15) is 0 Å². The summed E-state index contributed by atoms with van der Waals surface area (Å²) in [4.78, 5) is 12.3. The minimum atomic E-state index is -0.162. The second-order valence-electron chi connectivity index (χ2n) is 6.63. The first kappa shape index (κ1) is 21.3. The summed E-state index contributed by atoms with van der Waals surface area (Å²) in [5, 5.41) is 22.4. The number of nitrogens with one attached hydrogen (secondary N) is 1. The second kappa shape index (κ2) is 9.48. The molecule has 0 fully saturated rings. The summed E-state index contributed by atoms with van der Waals surface area (Å²) in [5.74, 6) is 1.90. The van der Waals surface area contributed by atoms with Crippen LogP contribution in [-0.4, -0.2) is 43.7 Å². The van der Waals surface area contributed by atoms with Gasteiger partial charge in [0.25, 0.3) is 0 Å². The third kappa shape index (κ3) is 4.57. The molecule has 0 aliphatic carbocycles. The van der Waals surface area contributed by atoms with E-state index in [1.807, 2.05) is 35.8 Å². The molecule has 0 aliphatic rings. The number of furan rings is 1. The number of aromatic nitrogens is 5. The van der Waals surface area contributed by atoms with Gasteiger partial charge in [-0.1, -0.05) is 42.2 Å². The fraction of sp³-hybridized carbons (Fsp3) is 0.350. The molecule has 0 spiro atoms. The number of benzene rings is 1. The third-order valence-electron chi connectivity index (χ3n) is 4.49. The highest BCUT2D eigenvalue weighted by Gasteiger charge is 2.19. The molecule has 4 rings (SSSR count). The van der Waals surface area contributed by atoms with Crippen LogP contribution in [0.4, 0.5) is 5.13 Å². The van der Waals surface area contributed by atoms with Crippen molar-refractivity contribution in [2.75, 3.05) is 18.2 Å². The topological polar surface area (TPSA) is 108 Å². The van der Waals surface area contributed by atoms with Crippen molar-refractivity contribution in [3.63, 3.8) is 0 Å². The van der Waals surface area contributed by atoms with E-state index < -0.39 is 0 Å². The highest BCUT2D eigenvalue weighted by molar-refractivity contribution is 7.99. The van der Waals surface area contributed by atoms with Gasteiger partial charge in [-0.3, -0.25) is 14.7 Å². The van der Waals surface area contributed by atoms with Crippen molar-refractivity contribution in [2.45, 2.75) is 38.4 Å². The van der Waals surface area contributed by atoms with Crippen LogP contribution < -0.4 is 10.1 Å². The van der Waals surface area contributed by atoms with Crippen molar-refractivity contribution in [2.24, 2.45) is 0 Å². The molecule has 0 aliphatic heterocycles. The number of fused-ring (bicyclic) bond motifs is 1. The van der Waals surface area contributed by atoms with Gasteiger partial charge in [-0.25, -0.2) is 0 Å². The average molecular weight is 459 g/mol. The van der Waals surface area contributed by atoms with Gasteiger partial charge >= 0.3 is 0 Å². The molecule has 31 heavy (non-hydrogen) atoms. The number of hydrogen-bond acceptors (Lipinski definition) is 9. The first-order valence-corrected chi connectivity index (χ1v) is 11.7. The molecule has 0 atom stereocenters. The zero-order valence-electron chi connectivity index (χ0n) is 17.4. The summed E-state index contributed by atoms with van der Waals surface area (Å²) in [5.41, 5.74) is 0.665. The normalized spacial score (nSPS) is 11.2. The molecule has 1 amide bonds. The second-order valence-corrected chi connectivity index (χ2v) is 8.63. The molecule has 3 aromatic heterocycles. The first-order chi connectivity index (χ1) is 15.1. The molecule has 1 aromatic carbocycles. The molecule has 4 aromatic rings. The Bertz CT molecular complexity index is 1200. The number of ether oxygens (including phenoxy) is 1. The van der Waals surface area contributed by atoms with Gasteiger partial charge in [0.2, 0.25) is 16.9 Å². The lowest BCUT2D eigenvalue weighted by Gasteiger charge is -2.05. The molecular weight excluding hydrogens is 436 g/mol. The number of carbonyl (C=O) groups excluding carboxylic acids is 1. The van der Waals surface area contributed by atoms with Crippen LogP contribution in [-0.2, 0) is 17.8 Å². The molecule has 0 radical (unpaired) electrons. The number of methoxy groups -OCH3 is 1. The highest BCUT2D eigenvalue weighted by Crippen LogP contribution is 2.33. The van der Waals surface area contributed by atoms with Gasteiger partial charge < -0.3 is 9.15 Å². The molecule has 0 unspecified atom stereocenters. The number of amides is 1. The number of anilines is 1. The van der Waals surface area contributed by atoms with Crippen LogP contribution in [0.1, 0.15) is 25.3 Å². The van der Waals surface area contributed by atoms with E-state index in [1.165, 1.54) is 23.1 Å². The lowest BCUT2D eigenvalue weighted by atomic mass is 10.2. The van der Waals surface area contributed by atoms with Gasteiger partial charge in [-0.15, -0.1) is 20.4 Å². The number of carbonyl (C=O) groups is 1. The third-order valence-corrected chi connectivity index (χ3v) is 6.36. The van der Waals surface area contributed by atoms with E-state index in [1.54, 1.807) is 7.11 Å². The zero-order valence-corrected chi connectivity index (χ0v) is 19.0.